The fourth-order valence-corrected chi connectivity index (χ4v) is 4.28. The van der Waals surface area contributed by atoms with Crippen molar-refractivity contribution in [2.45, 2.75) is 26.9 Å². The zero-order chi connectivity index (χ0) is 24.8. The molecule has 0 radical (unpaired) electrons. The van der Waals surface area contributed by atoms with E-state index in [4.69, 9.17) is 9.47 Å². The van der Waals surface area contributed by atoms with Gasteiger partial charge in [-0.3, -0.25) is 10.1 Å². The Balaban J connectivity index is 1.53. The van der Waals surface area contributed by atoms with Crippen LogP contribution in [0.2, 0.25) is 0 Å². The van der Waals surface area contributed by atoms with Gasteiger partial charge in [0.05, 0.1) is 7.11 Å². The summed E-state index contributed by atoms with van der Waals surface area (Å²) >= 11 is 1.28. The number of hydrogen-bond donors (Lipinski definition) is 1. The Morgan fingerprint density at radius 2 is 1.97 bits per heavy atom. The van der Waals surface area contributed by atoms with Gasteiger partial charge in [-0.15, -0.1) is 10.2 Å². The minimum atomic E-state index is -0.544. The van der Waals surface area contributed by atoms with Gasteiger partial charge in [0.1, 0.15) is 23.3 Å². The summed E-state index contributed by atoms with van der Waals surface area (Å²) in [6.07, 6.45) is 2.22. The molecule has 7 nitrogen and oxygen atoms in total. The van der Waals surface area contributed by atoms with Crippen LogP contribution in [0.5, 0.6) is 11.5 Å². The first kappa shape index (κ1) is 23.9. The molecular weight excluding hydrogens is 460 g/mol. The van der Waals surface area contributed by atoms with Crippen LogP contribution in [0.15, 0.2) is 60.2 Å². The van der Waals surface area contributed by atoms with Crippen LogP contribution < -0.4 is 14.8 Å². The van der Waals surface area contributed by atoms with Crippen LogP contribution in [-0.4, -0.2) is 23.2 Å². The quantitative estimate of drug-likeness (QED) is 0.255. The lowest BCUT2D eigenvalue weighted by Gasteiger charge is -2.14. The molecule has 4 aromatic rings. The highest BCUT2D eigenvalue weighted by atomic mass is 32.1. The number of nitrogens with zero attached hydrogens (tertiary/aromatic N) is 3. The van der Waals surface area contributed by atoms with E-state index in [0.717, 1.165) is 33.3 Å². The standard InChI is InChI=1S/C27H24N4O3S/c1-4-25-30-31-27(35-25)29-26(32)20(15-28)13-18-10-12-23(24(14-18)33-3)34-16-22-17(2)9-11-19-7-5-6-8-21(19)22/h5-14H,4,16H2,1-3H3,(H,29,31,32). The number of anilines is 1. The molecule has 0 fully saturated rings. The minimum absolute atomic E-state index is 0.0552. The summed E-state index contributed by atoms with van der Waals surface area (Å²) < 4.78 is 11.6. The average molecular weight is 485 g/mol. The molecule has 35 heavy (non-hydrogen) atoms. The van der Waals surface area contributed by atoms with Crippen LogP contribution in [-0.2, 0) is 17.8 Å². The first-order valence-electron chi connectivity index (χ1n) is 11.1. The molecule has 0 unspecified atom stereocenters. The van der Waals surface area contributed by atoms with Gasteiger partial charge < -0.3 is 9.47 Å². The number of amides is 1. The van der Waals surface area contributed by atoms with E-state index in [9.17, 15) is 10.1 Å². The van der Waals surface area contributed by atoms with E-state index < -0.39 is 5.91 Å². The number of aryl methyl sites for hydroxylation is 2. The maximum atomic E-state index is 12.5. The van der Waals surface area contributed by atoms with Gasteiger partial charge in [0.25, 0.3) is 5.91 Å². The fourth-order valence-electron chi connectivity index (χ4n) is 3.61. The first-order valence-corrected chi connectivity index (χ1v) is 11.9. The number of carbonyl (C=O) groups excluding carboxylic acids is 1. The fraction of sp³-hybridized carbons (Fsp3) is 0.185. The van der Waals surface area contributed by atoms with Gasteiger partial charge in [0, 0.05) is 5.56 Å². The van der Waals surface area contributed by atoms with Gasteiger partial charge in [-0.05, 0) is 53.5 Å². The molecule has 1 N–H and O–H groups in total. The summed E-state index contributed by atoms with van der Waals surface area (Å²) in [5.74, 6) is 0.531. The molecule has 1 heterocycles. The number of hydrogen-bond acceptors (Lipinski definition) is 7. The number of carbonyl (C=O) groups is 1. The number of benzene rings is 3. The molecule has 0 aliphatic rings. The molecule has 176 valence electrons. The van der Waals surface area contributed by atoms with E-state index in [0.29, 0.717) is 28.8 Å². The van der Waals surface area contributed by atoms with E-state index >= 15 is 0 Å². The number of aromatic nitrogens is 2. The van der Waals surface area contributed by atoms with Crippen molar-refractivity contribution in [3.63, 3.8) is 0 Å². The molecule has 0 saturated carbocycles. The maximum absolute atomic E-state index is 12.5. The van der Waals surface area contributed by atoms with Crippen LogP contribution in [0.1, 0.15) is 28.6 Å². The third-order valence-electron chi connectivity index (χ3n) is 5.50. The van der Waals surface area contributed by atoms with E-state index in [1.54, 1.807) is 25.3 Å². The van der Waals surface area contributed by atoms with Crippen molar-refractivity contribution < 1.29 is 14.3 Å². The van der Waals surface area contributed by atoms with Crippen molar-refractivity contribution in [3.05, 3.63) is 81.9 Å². The van der Waals surface area contributed by atoms with E-state index in [2.05, 4.69) is 46.7 Å². The van der Waals surface area contributed by atoms with Gasteiger partial charge in [-0.2, -0.15) is 5.26 Å². The van der Waals surface area contributed by atoms with Gasteiger partial charge in [0.2, 0.25) is 5.13 Å². The van der Waals surface area contributed by atoms with Crippen molar-refractivity contribution in [2.75, 3.05) is 12.4 Å². The lowest BCUT2D eigenvalue weighted by Crippen LogP contribution is -2.13. The molecule has 3 aromatic carbocycles. The largest absolute Gasteiger partial charge is 0.493 e. The zero-order valence-electron chi connectivity index (χ0n) is 19.7. The highest BCUT2D eigenvalue weighted by molar-refractivity contribution is 7.15. The third kappa shape index (κ3) is 5.48. The van der Waals surface area contributed by atoms with Gasteiger partial charge in [0.15, 0.2) is 11.5 Å². The number of nitrogens with one attached hydrogen (secondary N) is 1. The highest BCUT2D eigenvalue weighted by Gasteiger charge is 2.14. The van der Waals surface area contributed by atoms with Gasteiger partial charge >= 0.3 is 0 Å². The second kappa shape index (κ2) is 10.8. The number of ether oxygens (including phenoxy) is 2. The molecule has 0 aliphatic carbocycles. The molecular formula is C27H24N4O3S. The molecule has 1 aromatic heterocycles. The Hall–Kier alpha value is -4.22. The van der Waals surface area contributed by atoms with Crippen LogP contribution in [0.25, 0.3) is 16.8 Å². The molecule has 0 spiro atoms. The number of methoxy groups -OCH3 is 1. The van der Waals surface area contributed by atoms with Crippen molar-refractivity contribution in [2.24, 2.45) is 0 Å². The summed E-state index contributed by atoms with van der Waals surface area (Å²) in [4.78, 5) is 12.5. The predicted octanol–water partition coefficient (Wildman–Crippen LogP) is 5.70. The third-order valence-corrected chi connectivity index (χ3v) is 6.48. The second-order valence-electron chi connectivity index (χ2n) is 7.76. The molecule has 1 amide bonds. The first-order chi connectivity index (χ1) is 17.0. The minimum Gasteiger partial charge on any atom is -0.493 e. The van der Waals surface area contributed by atoms with Crippen molar-refractivity contribution >= 4 is 39.2 Å². The lowest BCUT2D eigenvalue weighted by atomic mass is 10.0. The van der Waals surface area contributed by atoms with Gasteiger partial charge in [-0.25, -0.2) is 0 Å². The Bertz CT molecular complexity index is 1450. The summed E-state index contributed by atoms with van der Waals surface area (Å²) in [5, 5.41) is 23.5. The van der Waals surface area contributed by atoms with Crippen LogP contribution >= 0.6 is 11.3 Å². The number of fused-ring (bicyclic) bond motifs is 1. The molecule has 0 aliphatic heterocycles. The lowest BCUT2D eigenvalue weighted by molar-refractivity contribution is -0.112. The van der Waals surface area contributed by atoms with E-state index in [1.165, 1.54) is 17.4 Å². The van der Waals surface area contributed by atoms with Gasteiger partial charge in [-0.1, -0.05) is 60.7 Å². The summed E-state index contributed by atoms with van der Waals surface area (Å²) in [5.41, 5.74) is 2.84. The van der Waals surface area contributed by atoms with E-state index in [-0.39, 0.29) is 5.57 Å². The Kier molecular flexibility index (Phi) is 7.38. The Morgan fingerprint density at radius 1 is 1.14 bits per heavy atom. The molecule has 4 rings (SSSR count). The molecule has 0 atom stereocenters. The normalized spacial score (nSPS) is 11.2. The topological polar surface area (TPSA) is 97.1 Å². The summed E-state index contributed by atoms with van der Waals surface area (Å²) in [7, 11) is 1.55. The molecule has 8 heteroatoms. The monoisotopic (exact) mass is 484 g/mol. The SMILES string of the molecule is CCc1nnc(NC(=O)C(C#N)=Cc2ccc(OCc3c(C)ccc4ccccc34)c(OC)c2)s1. The Morgan fingerprint density at radius 3 is 2.71 bits per heavy atom. The average Bonchev–Trinajstić information content (AvgIpc) is 3.34. The van der Waals surface area contributed by atoms with Crippen molar-refractivity contribution in [1.82, 2.24) is 10.2 Å². The zero-order valence-corrected chi connectivity index (χ0v) is 20.5. The van der Waals surface area contributed by atoms with E-state index in [1.807, 2.05) is 25.1 Å². The van der Waals surface area contributed by atoms with Crippen molar-refractivity contribution in [3.8, 4) is 17.6 Å². The van der Waals surface area contributed by atoms with Crippen LogP contribution in [0, 0.1) is 18.3 Å². The summed E-state index contributed by atoms with van der Waals surface area (Å²) in [6, 6.07) is 19.6. The smallest absolute Gasteiger partial charge is 0.268 e. The van der Waals surface area contributed by atoms with Crippen molar-refractivity contribution in [1.29, 1.82) is 5.26 Å². The predicted molar refractivity (Wildman–Crippen MR) is 138 cm³/mol. The molecule has 0 saturated heterocycles. The second-order valence-corrected chi connectivity index (χ2v) is 8.82. The number of nitriles is 1. The maximum Gasteiger partial charge on any atom is 0.268 e. The van der Waals surface area contributed by atoms with Crippen LogP contribution in [0.4, 0.5) is 5.13 Å². The van der Waals surface area contributed by atoms with Crippen LogP contribution in [0.3, 0.4) is 0 Å². The molecule has 0 bridgehead atoms. The summed E-state index contributed by atoms with van der Waals surface area (Å²) in [6.45, 7) is 4.40. The Labute approximate surface area is 207 Å². The number of rotatable bonds is 8. The highest BCUT2D eigenvalue weighted by Crippen LogP contribution is 2.31.